The maximum absolute atomic E-state index is 12.7. The number of benzene rings is 1. The molecule has 0 bridgehead atoms. The van der Waals surface area contributed by atoms with Gasteiger partial charge in [0.1, 0.15) is 11.9 Å². The van der Waals surface area contributed by atoms with Gasteiger partial charge in [-0.15, -0.1) is 0 Å². The van der Waals surface area contributed by atoms with E-state index in [1.54, 1.807) is 24.3 Å². The first kappa shape index (κ1) is 13.5. The van der Waals surface area contributed by atoms with Gasteiger partial charge in [0.25, 0.3) is 0 Å². The number of hydrogen-bond donors (Lipinski definition) is 1. The van der Waals surface area contributed by atoms with Crippen LogP contribution in [0.25, 0.3) is 0 Å². The van der Waals surface area contributed by atoms with Gasteiger partial charge in [-0.1, -0.05) is 18.2 Å². The van der Waals surface area contributed by atoms with Crippen molar-refractivity contribution in [1.82, 2.24) is 0 Å². The summed E-state index contributed by atoms with van der Waals surface area (Å²) in [5.74, 6) is -2.54. The minimum atomic E-state index is -0.759. The Bertz CT molecular complexity index is 673. The van der Waals surface area contributed by atoms with Crippen LogP contribution in [0.3, 0.4) is 0 Å². The minimum Gasteiger partial charge on any atom is -0.507 e. The van der Waals surface area contributed by atoms with Crippen LogP contribution in [0.4, 0.5) is 0 Å². The van der Waals surface area contributed by atoms with E-state index in [0.717, 1.165) is 0 Å². The summed E-state index contributed by atoms with van der Waals surface area (Å²) in [7, 11) is 0. The molecule has 5 nitrogen and oxygen atoms in total. The smallest absolute Gasteiger partial charge is 0.303 e. The number of rotatable bonds is 1. The molecule has 0 aliphatic heterocycles. The number of phenolic OH excluding ortho intramolecular Hbond substituents is 1. The van der Waals surface area contributed by atoms with Crippen molar-refractivity contribution < 1.29 is 24.2 Å². The van der Waals surface area contributed by atoms with E-state index in [9.17, 15) is 19.5 Å². The SMILES string of the molecule is CC(=O)O[C@H]1C=CC[C@@H]2C(=O)c3cccc(O)c3C(=O)[C@H]12. The Morgan fingerprint density at radius 2 is 2.05 bits per heavy atom. The topological polar surface area (TPSA) is 80.7 Å². The van der Waals surface area contributed by atoms with Crippen molar-refractivity contribution in [1.29, 1.82) is 0 Å². The van der Waals surface area contributed by atoms with Crippen molar-refractivity contribution in [3.63, 3.8) is 0 Å². The molecule has 3 atom stereocenters. The molecule has 108 valence electrons. The van der Waals surface area contributed by atoms with Gasteiger partial charge in [0.15, 0.2) is 11.6 Å². The van der Waals surface area contributed by atoms with Gasteiger partial charge < -0.3 is 9.84 Å². The fourth-order valence-electron chi connectivity index (χ4n) is 3.13. The third-order valence-corrected chi connectivity index (χ3v) is 4.00. The highest BCUT2D eigenvalue weighted by Crippen LogP contribution is 2.41. The number of esters is 1. The van der Waals surface area contributed by atoms with E-state index in [-0.39, 0.29) is 28.4 Å². The number of carbonyl (C=O) groups excluding carboxylic acids is 3. The number of aromatic hydroxyl groups is 1. The van der Waals surface area contributed by atoms with Gasteiger partial charge in [0.2, 0.25) is 0 Å². The lowest BCUT2D eigenvalue weighted by Crippen LogP contribution is -2.45. The van der Waals surface area contributed by atoms with E-state index >= 15 is 0 Å². The Morgan fingerprint density at radius 3 is 2.76 bits per heavy atom. The molecule has 21 heavy (non-hydrogen) atoms. The highest BCUT2D eigenvalue weighted by molar-refractivity contribution is 6.17. The molecule has 2 aliphatic rings. The molecule has 0 amide bonds. The van der Waals surface area contributed by atoms with E-state index in [0.29, 0.717) is 6.42 Å². The maximum Gasteiger partial charge on any atom is 0.303 e. The van der Waals surface area contributed by atoms with Crippen LogP contribution < -0.4 is 0 Å². The predicted octanol–water partition coefficient (Wildman–Crippen LogP) is 1.90. The molecule has 2 aliphatic carbocycles. The summed E-state index contributed by atoms with van der Waals surface area (Å²) in [5.41, 5.74) is 0.286. The summed E-state index contributed by atoms with van der Waals surface area (Å²) in [5, 5.41) is 9.90. The van der Waals surface area contributed by atoms with E-state index < -0.39 is 23.9 Å². The number of ether oxygens (including phenoxy) is 1. The van der Waals surface area contributed by atoms with Gasteiger partial charge in [-0.25, -0.2) is 0 Å². The Balaban J connectivity index is 2.10. The lowest BCUT2D eigenvalue weighted by atomic mass is 9.68. The van der Waals surface area contributed by atoms with Crippen molar-refractivity contribution >= 4 is 17.5 Å². The zero-order chi connectivity index (χ0) is 15.1. The summed E-state index contributed by atoms with van der Waals surface area (Å²) < 4.78 is 5.15. The monoisotopic (exact) mass is 286 g/mol. The zero-order valence-corrected chi connectivity index (χ0v) is 11.4. The normalized spacial score (nSPS) is 27.0. The molecular formula is C16H14O5. The van der Waals surface area contributed by atoms with Crippen molar-refractivity contribution in [2.75, 3.05) is 0 Å². The van der Waals surface area contributed by atoms with E-state index in [4.69, 9.17) is 4.74 Å². The van der Waals surface area contributed by atoms with E-state index in [1.165, 1.54) is 13.0 Å². The second kappa shape index (κ2) is 4.84. The molecule has 5 heteroatoms. The van der Waals surface area contributed by atoms with Crippen LogP contribution in [0.2, 0.25) is 0 Å². The predicted molar refractivity (Wildman–Crippen MR) is 73.1 cm³/mol. The molecule has 1 aromatic rings. The minimum absolute atomic E-state index is 0.0382. The summed E-state index contributed by atoms with van der Waals surface area (Å²) in [6, 6.07) is 4.47. The second-order valence-corrected chi connectivity index (χ2v) is 5.30. The number of fused-ring (bicyclic) bond motifs is 2. The molecule has 0 unspecified atom stereocenters. The molecule has 0 heterocycles. The molecule has 0 aromatic heterocycles. The number of hydrogen-bond acceptors (Lipinski definition) is 5. The zero-order valence-electron chi connectivity index (χ0n) is 11.4. The standard InChI is InChI=1S/C16H14O5/c1-8(17)21-12-7-3-5-10-14(12)16(20)13-9(15(10)19)4-2-6-11(13)18/h2-4,6-7,10,12,14,18H,5H2,1H3/t10-,12-,14-/m0/s1. The summed E-state index contributed by atoms with van der Waals surface area (Å²) in [6.07, 6.45) is 3.07. The van der Waals surface area contributed by atoms with Gasteiger partial charge in [0, 0.05) is 18.4 Å². The number of Topliss-reactive ketones (excluding diaryl/α,β-unsaturated/α-hetero) is 2. The first-order valence-corrected chi connectivity index (χ1v) is 6.75. The third-order valence-electron chi connectivity index (χ3n) is 4.00. The Hall–Kier alpha value is -2.43. The molecule has 0 radical (unpaired) electrons. The summed E-state index contributed by atoms with van der Waals surface area (Å²) in [6.45, 7) is 1.26. The number of phenols is 1. The number of ketones is 2. The quantitative estimate of drug-likeness (QED) is 0.630. The summed E-state index contributed by atoms with van der Waals surface area (Å²) in [4.78, 5) is 36.4. The second-order valence-electron chi connectivity index (χ2n) is 5.30. The fourth-order valence-corrected chi connectivity index (χ4v) is 3.13. The van der Waals surface area contributed by atoms with Crippen molar-refractivity contribution in [2.24, 2.45) is 11.8 Å². The van der Waals surface area contributed by atoms with Gasteiger partial charge in [-0.2, -0.15) is 0 Å². The van der Waals surface area contributed by atoms with Gasteiger partial charge in [0.05, 0.1) is 11.5 Å². The van der Waals surface area contributed by atoms with Crippen molar-refractivity contribution in [3.8, 4) is 5.75 Å². The van der Waals surface area contributed by atoms with Crippen molar-refractivity contribution in [3.05, 3.63) is 41.5 Å². The molecule has 3 rings (SSSR count). The van der Waals surface area contributed by atoms with Gasteiger partial charge in [-0.3, -0.25) is 14.4 Å². The number of carbonyl (C=O) groups is 3. The third kappa shape index (κ3) is 2.05. The molecule has 0 spiro atoms. The summed E-state index contributed by atoms with van der Waals surface area (Å²) >= 11 is 0. The van der Waals surface area contributed by atoms with Crippen LogP contribution in [0.5, 0.6) is 5.75 Å². The molecular weight excluding hydrogens is 272 g/mol. The largest absolute Gasteiger partial charge is 0.507 e. The van der Waals surface area contributed by atoms with E-state index in [2.05, 4.69) is 0 Å². The number of allylic oxidation sites excluding steroid dienone is 1. The molecule has 1 aromatic carbocycles. The Kier molecular flexibility index (Phi) is 3.12. The lowest BCUT2D eigenvalue weighted by Gasteiger charge is -2.36. The fraction of sp³-hybridized carbons (Fsp3) is 0.312. The van der Waals surface area contributed by atoms with Crippen LogP contribution in [-0.4, -0.2) is 28.7 Å². The van der Waals surface area contributed by atoms with Crippen molar-refractivity contribution in [2.45, 2.75) is 19.4 Å². The average Bonchev–Trinajstić information content (AvgIpc) is 2.43. The lowest BCUT2D eigenvalue weighted by molar-refractivity contribution is -0.146. The molecule has 0 fully saturated rings. The van der Waals surface area contributed by atoms with Crippen LogP contribution in [0.1, 0.15) is 34.1 Å². The maximum atomic E-state index is 12.7. The first-order valence-electron chi connectivity index (χ1n) is 6.75. The van der Waals surface area contributed by atoms with Gasteiger partial charge in [-0.05, 0) is 18.6 Å². The molecule has 1 N–H and O–H groups in total. The van der Waals surface area contributed by atoms with Crippen LogP contribution >= 0.6 is 0 Å². The van der Waals surface area contributed by atoms with Crippen LogP contribution in [0.15, 0.2) is 30.4 Å². The first-order chi connectivity index (χ1) is 10.0. The van der Waals surface area contributed by atoms with Crippen LogP contribution in [0, 0.1) is 11.8 Å². The highest BCUT2D eigenvalue weighted by atomic mass is 16.5. The van der Waals surface area contributed by atoms with Crippen LogP contribution in [-0.2, 0) is 9.53 Å². The highest BCUT2D eigenvalue weighted by Gasteiger charge is 2.47. The molecule has 0 saturated carbocycles. The van der Waals surface area contributed by atoms with E-state index in [1.807, 2.05) is 0 Å². The molecule has 0 saturated heterocycles. The van der Waals surface area contributed by atoms with Gasteiger partial charge >= 0.3 is 5.97 Å². The Labute approximate surface area is 121 Å². The Morgan fingerprint density at radius 1 is 1.29 bits per heavy atom. The average molecular weight is 286 g/mol.